The summed E-state index contributed by atoms with van der Waals surface area (Å²) in [6, 6.07) is 10.4. The van der Waals surface area contributed by atoms with Crippen LogP contribution in [0.1, 0.15) is 22.3 Å². The molecule has 132 valence electrons. The molecule has 0 radical (unpaired) electrons. The summed E-state index contributed by atoms with van der Waals surface area (Å²) in [6.07, 6.45) is -0.868. The first kappa shape index (κ1) is 17.3. The number of rotatable bonds is 5. The Labute approximate surface area is 148 Å². The fourth-order valence-corrected chi connectivity index (χ4v) is 2.66. The van der Waals surface area contributed by atoms with Gasteiger partial charge >= 0.3 is 0 Å². The van der Waals surface area contributed by atoms with Gasteiger partial charge in [-0.1, -0.05) is 17.7 Å². The smallest absolute Gasteiger partial charge is 0.275 e. The van der Waals surface area contributed by atoms with Gasteiger partial charge in [0.05, 0.1) is 22.6 Å². The molecule has 8 heteroatoms. The summed E-state index contributed by atoms with van der Waals surface area (Å²) < 4.78 is 5.52. The number of hydrogen-bond donors (Lipinski definition) is 0. The van der Waals surface area contributed by atoms with Crippen LogP contribution in [0.5, 0.6) is 5.75 Å². The summed E-state index contributed by atoms with van der Waals surface area (Å²) in [5, 5.41) is 10.8. The molecular formula is C18H14N2O6. The summed E-state index contributed by atoms with van der Waals surface area (Å²) in [4.78, 5) is 47.2. The van der Waals surface area contributed by atoms with Crippen molar-refractivity contribution in [2.24, 2.45) is 0 Å². The maximum atomic E-state index is 12.6. The van der Waals surface area contributed by atoms with E-state index in [0.717, 1.165) is 16.5 Å². The van der Waals surface area contributed by atoms with Crippen LogP contribution >= 0.6 is 0 Å². The van der Waals surface area contributed by atoms with Crippen LogP contribution in [0.3, 0.4) is 0 Å². The van der Waals surface area contributed by atoms with E-state index in [1.807, 2.05) is 6.92 Å². The van der Waals surface area contributed by atoms with Crippen molar-refractivity contribution in [2.45, 2.75) is 19.4 Å². The number of carbonyl (C=O) groups excluding carboxylic acids is 3. The molecule has 0 bridgehead atoms. The lowest BCUT2D eigenvalue weighted by Crippen LogP contribution is -2.34. The molecule has 1 aliphatic rings. The van der Waals surface area contributed by atoms with Crippen molar-refractivity contribution < 1.29 is 24.0 Å². The van der Waals surface area contributed by atoms with Crippen molar-refractivity contribution in [3.63, 3.8) is 0 Å². The van der Waals surface area contributed by atoms with E-state index in [-0.39, 0.29) is 23.4 Å². The molecule has 1 fully saturated rings. The molecule has 0 spiro atoms. The van der Waals surface area contributed by atoms with Crippen molar-refractivity contribution in [2.75, 3.05) is 4.90 Å². The third kappa shape index (κ3) is 3.16. The molecule has 1 heterocycles. The second kappa shape index (κ2) is 6.75. The molecule has 1 atom stereocenters. The van der Waals surface area contributed by atoms with E-state index >= 15 is 0 Å². The van der Waals surface area contributed by atoms with E-state index in [1.54, 1.807) is 24.3 Å². The molecule has 0 saturated carbocycles. The van der Waals surface area contributed by atoms with Gasteiger partial charge in [-0.05, 0) is 25.1 Å². The Kier molecular flexibility index (Phi) is 4.49. The number of hydrogen-bond acceptors (Lipinski definition) is 6. The number of carbonyl (C=O) groups is 3. The standard InChI is InChI=1S/C18H14N2O6/c1-11-2-4-13(5-3-11)19-17(22)9-16(18(19)23)26-15-7-6-14(20(24)25)8-12(15)10-21/h2-8,10,16H,9H2,1H3. The van der Waals surface area contributed by atoms with E-state index in [1.165, 1.54) is 12.1 Å². The Morgan fingerprint density at radius 2 is 1.88 bits per heavy atom. The Hall–Kier alpha value is -3.55. The zero-order valence-corrected chi connectivity index (χ0v) is 13.7. The summed E-state index contributed by atoms with van der Waals surface area (Å²) in [6.45, 7) is 1.89. The summed E-state index contributed by atoms with van der Waals surface area (Å²) in [7, 11) is 0. The number of benzene rings is 2. The van der Waals surface area contributed by atoms with E-state index in [4.69, 9.17) is 4.74 Å². The van der Waals surface area contributed by atoms with Gasteiger partial charge in [0.15, 0.2) is 12.4 Å². The fraction of sp³-hybridized carbons (Fsp3) is 0.167. The summed E-state index contributed by atoms with van der Waals surface area (Å²) >= 11 is 0. The van der Waals surface area contributed by atoms with Gasteiger partial charge in [-0.25, -0.2) is 4.90 Å². The number of nitrogens with zero attached hydrogens (tertiary/aromatic N) is 2. The predicted molar refractivity (Wildman–Crippen MR) is 91.2 cm³/mol. The highest BCUT2D eigenvalue weighted by Crippen LogP contribution is 2.29. The maximum absolute atomic E-state index is 12.6. The maximum Gasteiger partial charge on any atom is 0.275 e. The number of nitro benzene ring substituents is 1. The van der Waals surface area contributed by atoms with Crippen molar-refractivity contribution in [3.05, 3.63) is 63.7 Å². The summed E-state index contributed by atoms with van der Waals surface area (Å²) in [5.74, 6) is -0.949. The largest absolute Gasteiger partial charge is 0.479 e. The monoisotopic (exact) mass is 354 g/mol. The number of ether oxygens (including phenoxy) is 1. The lowest BCUT2D eigenvalue weighted by atomic mass is 10.2. The molecule has 1 aliphatic heterocycles. The Balaban J connectivity index is 1.84. The number of aldehydes is 1. The lowest BCUT2D eigenvalue weighted by molar-refractivity contribution is -0.384. The van der Waals surface area contributed by atoms with Crippen LogP contribution < -0.4 is 9.64 Å². The highest BCUT2D eigenvalue weighted by Gasteiger charge is 2.41. The van der Waals surface area contributed by atoms with Crippen molar-refractivity contribution in [3.8, 4) is 5.75 Å². The Morgan fingerprint density at radius 3 is 2.50 bits per heavy atom. The molecule has 0 aliphatic carbocycles. The fourth-order valence-electron chi connectivity index (χ4n) is 2.66. The van der Waals surface area contributed by atoms with E-state index in [2.05, 4.69) is 0 Å². The Morgan fingerprint density at radius 1 is 1.19 bits per heavy atom. The number of amides is 2. The first-order chi connectivity index (χ1) is 12.4. The molecule has 2 aromatic carbocycles. The molecule has 26 heavy (non-hydrogen) atoms. The first-order valence-corrected chi connectivity index (χ1v) is 7.74. The van der Waals surface area contributed by atoms with Crippen molar-refractivity contribution >= 4 is 29.5 Å². The Bertz CT molecular complexity index is 906. The number of non-ortho nitro benzene ring substituents is 1. The molecule has 2 aromatic rings. The number of nitro groups is 1. The van der Waals surface area contributed by atoms with Gasteiger partial charge in [-0.15, -0.1) is 0 Å². The normalized spacial score (nSPS) is 16.7. The zero-order valence-electron chi connectivity index (χ0n) is 13.7. The molecule has 8 nitrogen and oxygen atoms in total. The van der Waals surface area contributed by atoms with Crippen LogP contribution in [0, 0.1) is 17.0 Å². The quantitative estimate of drug-likeness (QED) is 0.353. The van der Waals surface area contributed by atoms with Crippen molar-refractivity contribution in [1.29, 1.82) is 0 Å². The third-order valence-electron chi connectivity index (χ3n) is 4.00. The van der Waals surface area contributed by atoms with Crippen LogP contribution in [0.15, 0.2) is 42.5 Å². The second-order valence-electron chi connectivity index (χ2n) is 5.81. The van der Waals surface area contributed by atoms with Crippen LogP contribution in [-0.4, -0.2) is 29.1 Å². The van der Waals surface area contributed by atoms with E-state index in [9.17, 15) is 24.5 Å². The molecule has 3 rings (SSSR count). The van der Waals surface area contributed by atoms with E-state index < -0.39 is 22.8 Å². The average Bonchev–Trinajstić information content (AvgIpc) is 2.89. The minimum absolute atomic E-state index is 0.0162. The molecular weight excluding hydrogens is 340 g/mol. The van der Waals surface area contributed by atoms with Gasteiger partial charge in [0, 0.05) is 12.1 Å². The van der Waals surface area contributed by atoms with Gasteiger partial charge in [0.25, 0.3) is 11.6 Å². The highest BCUT2D eigenvalue weighted by atomic mass is 16.6. The predicted octanol–water partition coefficient (Wildman–Crippen LogP) is 2.43. The lowest BCUT2D eigenvalue weighted by Gasteiger charge is -2.16. The minimum Gasteiger partial charge on any atom is -0.479 e. The van der Waals surface area contributed by atoms with Crippen LogP contribution in [-0.2, 0) is 9.59 Å². The third-order valence-corrected chi connectivity index (χ3v) is 4.00. The number of anilines is 1. The van der Waals surface area contributed by atoms with Gasteiger partial charge in [-0.2, -0.15) is 0 Å². The molecule has 0 aromatic heterocycles. The molecule has 0 N–H and O–H groups in total. The summed E-state index contributed by atoms with van der Waals surface area (Å²) in [5.41, 5.74) is 1.10. The van der Waals surface area contributed by atoms with E-state index in [0.29, 0.717) is 12.0 Å². The minimum atomic E-state index is -1.09. The average molecular weight is 354 g/mol. The van der Waals surface area contributed by atoms with Crippen LogP contribution in [0.2, 0.25) is 0 Å². The second-order valence-corrected chi connectivity index (χ2v) is 5.81. The highest BCUT2D eigenvalue weighted by molar-refractivity contribution is 6.22. The molecule has 1 saturated heterocycles. The first-order valence-electron chi connectivity index (χ1n) is 7.74. The van der Waals surface area contributed by atoms with Gasteiger partial charge in [0.1, 0.15) is 5.75 Å². The van der Waals surface area contributed by atoms with Crippen LogP contribution in [0.4, 0.5) is 11.4 Å². The number of aryl methyl sites for hydroxylation is 1. The van der Waals surface area contributed by atoms with Gasteiger partial charge in [-0.3, -0.25) is 24.5 Å². The zero-order chi connectivity index (χ0) is 18.8. The topological polar surface area (TPSA) is 107 Å². The molecule has 2 amide bonds. The SMILES string of the molecule is Cc1ccc(N2C(=O)CC(Oc3ccc([N+](=O)[O-])cc3C=O)C2=O)cc1. The van der Waals surface area contributed by atoms with Crippen molar-refractivity contribution in [1.82, 2.24) is 0 Å². The number of imide groups is 1. The molecule has 1 unspecified atom stereocenters. The van der Waals surface area contributed by atoms with Crippen LogP contribution in [0.25, 0.3) is 0 Å². The van der Waals surface area contributed by atoms with Gasteiger partial charge < -0.3 is 4.74 Å². The van der Waals surface area contributed by atoms with Gasteiger partial charge in [0.2, 0.25) is 5.91 Å².